The largest absolute Gasteiger partial charge is 0.491 e. The van der Waals surface area contributed by atoms with Crippen molar-refractivity contribution in [3.63, 3.8) is 0 Å². The first-order valence-corrected chi connectivity index (χ1v) is 8.72. The van der Waals surface area contributed by atoms with Crippen LogP contribution in [-0.2, 0) is 4.79 Å². The topological polar surface area (TPSA) is 47.6 Å². The average Bonchev–Trinajstić information content (AvgIpc) is 2.60. The van der Waals surface area contributed by atoms with Gasteiger partial charge in [-0.1, -0.05) is 43.3 Å². The molecule has 2 aromatic rings. The molecule has 0 spiro atoms. The van der Waals surface area contributed by atoms with Crippen LogP contribution >= 0.6 is 0 Å². The zero-order chi connectivity index (χ0) is 18.2. The quantitative estimate of drug-likeness (QED) is 0.788. The van der Waals surface area contributed by atoms with Crippen molar-refractivity contribution in [2.24, 2.45) is 0 Å². The molecule has 0 aliphatic rings. The summed E-state index contributed by atoms with van der Waals surface area (Å²) >= 11 is 0. The molecule has 1 N–H and O–H groups in total. The van der Waals surface area contributed by atoms with Gasteiger partial charge < -0.3 is 14.8 Å². The van der Waals surface area contributed by atoms with Gasteiger partial charge in [0.2, 0.25) is 0 Å². The number of hydrogen-bond acceptors (Lipinski definition) is 3. The Morgan fingerprint density at radius 1 is 1.00 bits per heavy atom. The summed E-state index contributed by atoms with van der Waals surface area (Å²) in [6.07, 6.45) is 0.0907. The van der Waals surface area contributed by atoms with Gasteiger partial charge in [-0.15, -0.1) is 0 Å². The van der Waals surface area contributed by atoms with E-state index in [0.29, 0.717) is 13.0 Å². The van der Waals surface area contributed by atoms with Gasteiger partial charge in [0.15, 0.2) is 6.10 Å². The molecule has 0 bridgehead atoms. The number of rotatable bonds is 8. The number of amides is 1. The lowest BCUT2D eigenvalue weighted by molar-refractivity contribution is -0.129. The van der Waals surface area contributed by atoms with Crippen LogP contribution in [0.4, 0.5) is 0 Å². The molecular formula is C21H27NO3. The Morgan fingerprint density at radius 2 is 1.56 bits per heavy atom. The van der Waals surface area contributed by atoms with Crippen molar-refractivity contribution in [1.29, 1.82) is 0 Å². The van der Waals surface area contributed by atoms with Gasteiger partial charge in [0, 0.05) is 0 Å². The molecule has 0 radical (unpaired) electrons. The Bertz CT molecular complexity index is 699. The predicted octanol–water partition coefficient (Wildman–Crippen LogP) is 4.04. The Hall–Kier alpha value is -2.49. The number of ether oxygens (including phenoxy) is 2. The molecule has 0 heterocycles. The summed E-state index contributed by atoms with van der Waals surface area (Å²) in [6.45, 7) is 8.26. The normalized spacial score (nSPS) is 13.0. The fourth-order valence-electron chi connectivity index (χ4n) is 2.47. The molecule has 1 amide bonds. The van der Waals surface area contributed by atoms with Crippen molar-refractivity contribution in [2.45, 2.75) is 46.3 Å². The minimum Gasteiger partial charge on any atom is -0.491 e. The third kappa shape index (κ3) is 5.52. The van der Waals surface area contributed by atoms with E-state index in [2.05, 4.69) is 5.32 Å². The number of para-hydroxylation sites is 2. The number of aryl methyl sites for hydroxylation is 2. The summed E-state index contributed by atoms with van der Waals surface area (Å²) in [5.74, 6) is 1.46. The molecule has 0 aromatic heterocycles. The van der Waals surface area contributed by atoms with Crippen LogP contribution in [0.5, 0.6) is 11.5 Å². The fourth-order valence-corrected chi connectivity index (χ4v) is 2.47. The fraction of sp³-hybridized carbons (Fsp3) is 0.381. The van der Waals surface area contributed by atoms with Gasteiger partial charge in [0.25, 0.3) is 5.91 Å². The highest BCUT2D eigenvalue weighted by Gasteiger charge is 2.21. The van der Waals surface area contributed by atoms with Crippen LogP contribution in [0, 0.1) is 13.8 Å². The zero-order valence-corrected chi connectivity index (χ0v) is 15.4. The molecule has 2 aromatic carbocycles. The van der Waals surface area contributed by atoms with E-state index in [4.69, 9.17) is 9.47 Å². The molecule has 0 aliphatic heterocycles. The molecule has 0 unspecified atom stereocenters. The maximum absolute atomic E-state index is 12.5. The maximum atomic E-state index is 12.5. The van der Waals surface area contributed by atoms with Gasteiger partial charge >= 0.3 is 0 Å². The van der Waals surface area contributed by atoms with E-state index in [0.717, 1.165) is 22.6 Å². The van der Waals surface area contributed by atoms with E-state index >= 15 is 0 Å². The van der Waals surface area contributed by atoms with Crippen LogP contribution in [0.3, 0.4) is 0 Å². The van der Waals surface area contributed by atoms with Crippen molar-refractivity contribution in [3.05, 3.63) is 59.7 Å². The summed E-state index contributed by atoms with van der Waals surface area (Å²) in [4.78, 5) is 12.5. The first-order valence-electron chi connectivity index (χ1n) is 8.72. The van der Waals surface area contributed by atoms with Gasteiger partial charge in [-0.3, -0.25) is 4.79 Å². The minimum atomic E-state index is -0.512. The van der Waals surface area contributed by atoms with Crippen LogP contribution in [0.15, 0.2) is 48.5 Å². The second-order valence-corrected chi connectivity index (χ2v) is 6.27. The van der Waals surface area contributed by atoms with Crippen molar-refractivity contribution < 1.29 is 14.3 Å². The minimum absolute atomic E-state index is 0.110. The van der Waals surface area contributed by atoms with Gasteiger partial charge in [0.1, 0.15) is 18.1 Å². The zero-order valence-electron chi connectivity index (χ0n) is 15.4. The lowest BCUT2D eigenvalue weighted by atomic mass is 10.2. The molecule has 0 fully saturated rings. The van der Waals surface area contributed by atoms with Crippen LogP contribution in [0.25, 0.3) is 0 Å². The second kappa shape index (κ2) is 9.11. The molecule has 2 rings (SSSR count). The van der Waals surface area contributed by atoms with E-state index in [9.17, 15) is 4.79 Å². The van der Waals surface area contributed by atoms with Crippen molar-refractivity contribution >= 4 is 5.91 Å². The Balaban J connectivity index is 1.88. The number of benzene rings is 2. The van der Waals surface area contributed by atoms with E-state index in [1.807, 2.05) is 76.2 Å². The van der Waals surface area contributed by atoms with Gasteiger partial charge in [0.05, 0.1) is 6.04 Å². The first-order chi connectivity index (χ1) is 12.0. The maximum Gasteiger partial charge on any atom is 0.261 e. The smallest absolute Gasteiger partial charge is 0.261 e. The molecule has 2 atom stereocenters. The lowest BCUT2D eigenvalue weighted by Crippen LogP contribution is -2.44. The molecule has 25 heavy (non-hydrogen) atoms. The van der Waals surface area contributed by atoms with Crippen molar-refractivity contribution in [2.75, 3.05) is 6.61 Å². The van der Waals surface area contributed by atoms with E-state index in [1.165, 1.54) is 0 Å². The van der Waals surface area contributed by atoms with Gasteiger partial charge in [-0.25, -0.2) is 0 Å². The van der Waals surface area contributed by atoms with E-state index in [-0.39, 0.29) is 11.9 Å². The predicted molar refractivity (Wildman–Crippen MR) is 100 cm³/mol. The molecule has 0 aliphatic carbocycles. The van der Waals surface area contributed by atoms with Crippen LogP contribution in [0.2, 0.25) is 0 Å². The molecular weight excluding hydrogens is 314 g/mol. The Morgan fingerprint density at radius 3 is 2.12 bits per heavy atom. The SMILES string of the molecule is CC[C@@H](Oc1ccccc1C)C(=O)N[C@@H](C)COc1ccccc1C. The first kappa shape index (κ1) is 18.8. The molecule has 0 saturated carbocycles. The number of hydrogen-bond donors (Lipinski definition) is 1. The second-order valence-electron chi connectivity index (χ2n) is 6.27. The average molecular weight is 341 g/mol. The molecule has 0 saturated heterocycles. The third-order valence-corrected chi connectivity index (χ3v) is 4.00. The number of carbonyl (C=O) groups excluding carboxylic acids is 1. The summed E-state index contributed by atoms with van der Waals surface area (Å²) in [6, 6.07) is 15.5. The molecule has 4 heteroatoms. The number of carbonyl (C=O) groups is 1. The Kier molecular flexibility index (Phi) is 6.87. The molecule has 4 nitrogen and oxygen atoms in total. The lowest BCUT2D eigenvalue weighted by Gasteiger charge is -2.21. The summed E-state index contributed by atoms with van der Waals surface area (Å²) in [5, 5.41) is 2.97. The van der Waals surface area contributed by atoms with Crippen molar-refractivity contribution in [3.8, 4) is 11.5 Å². The third-order valence-electron chi connectivity index (χ3n) is 4.00. The summed E-state index contributed by atoms with van der Waals surface area (Å²) in [7, 11) is 0. The van der Waals surface area contributed by atoms with Crippen LogP contribution in [-0.4, -0.2) is 24.7 Å². The monoisotopic (exact) mass is 341 g/mol. The standard InChI is InChI=1S/C21H27NO3/c1-5-18(25-20-13-9-7-11-16(20)3)21(23)22-17(4)14-24-19-12-8-6-10-15(19)2/h6-13,17-18H,5,14H2,1-4H3,(H,22,23)/t17-,18+/m0/s1. The Labute approximate surface area is 150 Å². The van der Waals surface area contributed by atoms with E-state index < -0.39 is 6.10 Å². The molecule has 134 valence electrons. The highest BCUT2D eigenvalue weighted by molar-refractivity contribution is 5.81. The van der Waals surface area contributed by atoms with Crippen LogP contribution in [0.1, 0.15) is 31.4 Å². The van der Waals surface area contributed by atoms with Crippen molar-refractivity contribution in [1.82, 2.24) is 5.32 Å². The summed E-state index contributed by atoms with van der Waals surface area (Å²) < 4.78 is 11.7. The van der Waals surface area contributed by atoms with E-state index in [1.54, 1.807) is 0 Å². The van der Waals surface area contributed by atoms with Gasteiger partial charge in [-0.05, 0) is 50.5 Å². The van der Waals surface area contributed by atoms with Crippen LogP contribution < -0.4 is 14.8 Å². The highest BCUT2D eigenvalue weighted by Crippen LogP contribution is 2.19. The highest BCUT2D eigenvalue weighted by atomic mass is 16.5. The summed E-state index contributed by atoms with van der Waals surface area (Å²) in [5.41, 5.74) is 2.10. The van der Waals surface area contributed by atoms with Gasteiger partial charge in [-0.2, -0.15) is 0 Å². The number of nitrogens with one attached hydrogen (secondary N) is 1.